The molecule has 0 atom stereocenters. The summed E-state index contributed by atoms with van der Waals surface area (Å²) in [7, 11) is 0. The van der Waals surface area contributed by atoms with Gasteiger partial charge in [-0.2, -0.15) is 0 Å². The fraction of sp³-hybridized carbons (Fsp3) is 0.0833. The van der Waals surface area contributed by atoms with Crippen molar-refractivity contribution in [1.29, 1.82) is 0 Å². The lowest BCUT2D eigenvalue weighted by Gasteiger charge is -2.07. The highest BCUT2D eigenvalue weighted by Crippen LogP contribution is 2.36. The highest BCUT2D eigenvalue weighted by atomic mass is 32.1. The number of ether oxygens (including phenoxy) is 1. The van der Waals surface area contributed by atoms with Gasteiger partial charge in [0.25, 0.3) is 5.91 Å². The van der Waals surface area contributed by atoms with Crippen molar-refractivity contribution >= 4 is 28.2 Å². The van der Waals surface area contributed by atoms with Crippen LogP contribution in [0, 0.1) is 0 Å². The normalized spacial score (nSPS) is 10.6. The van der Waals surface area contributed by atoms with Gasteiger partial charge in [-0.1, -0.05) is 30.3 Å². The van der Waals surface area contributed by atoms with Gasteiger partial charge in [0.15, 0.2) is 0 Å². The molecule has 0 aliphatic carbocycles. The molecule has 0 aliphatic rings. The Hall–Kier alpha value is -3.64. The molecule has 0 bridgehead atoms. The number of anilines is 1. The molecule has 150 valence electrons. The van der Waals surface area contributed by atoms with Crippen LogP contribution in [0.2, 0.25) is 0 Å². The third-order valence-electron chi connectivity index (χ3n) is 4.54. The summed E-state index contributed by atoms with van der Waals surface area (Å²) >= 11 is 1.35. The summed E-state index contributed by atoms with van der Waals surface area (Å²) in [6.45, 7) is 2.02. The van der Waals surface area contributed by atoms with Crippen LogP contribution in [-0.4, -0.2) is 23.1 Å². The number of amides is 1. The molecular formula is C24H20N2O3S. The van der Waals surface area contributed by atoms with E-state index in [2.05, 4.69) is 5.32 Å². The molecule has 0 saturated carbocycles. The zero-order valence-corrected chi connectivity index (χ0v) is 17.2. The number of nitrogens with one attached hydrogen (secondary N) is 1. The van der Waals surface area contributed by atoms with Crippen molar-refractivity contribution in [1.82, 2.24) is 4.57 Å². The predicted octanol–water partition coefficient (Wildman–Crippen LogP) is 5.63. The van der Waals surface area contributed by atoms with Gasteiger partial charge in [0, 0.05) is 28.5 Å². The van der Waals surface area contributed by atoms with E-state index in [4.69, 9.17) is 4.74 Å². The van der Waals surface area contributed by atoms with Crippen LogP contribution in [0.5, 0.6) is 0 Å². The van der Waals surface area contributed by atoms with Crippen molar-refractivity contribution in [3.05, 3.63) is 96.3 Å². The number of hydrogen-bond acceptors (Lipinski definition) is 4. The highest BCUT2D eigenvalue weighted by molar-refractivity contribution is 7.20. The van der Waals surface area contributed by atoms with Gasteiger partial charge in [-0.05, 0) is 55.0 Å². The lowest BCUT2D eigenvalue weighted by molar-refractivity contribution is 0.0528. The van der Waals surface area contributed by atoms with Gasteiger partial charge in [-0.3, -0.25) is 4.79 Å². The average Bonchev–Trinajstić information content (AvgIpc) is 3.45. The topological polar surface area (TPSA) is 60.3 Å². The maximum Gasteiger partial charge on any atom is 0.341 e. The molecule has 1 N–H and O–H groups in total. The Labute approximate surface area is 178 Å². The Kier molecular flexibility index (Phi) is 5.77. The van der Waals surface area contributed by atoms with Crippen LogP contribution in [0.1, 0.15) is 27.6 Å². The molecule has 30 heavy (non-hydrogen) atoms. The molecule has 0 saturated heterocycles. The maximum absolute atomic E-state index is 12.8. The van der Waals surface area contributed by atoms with Crippen LogP contribution in [-0.2, 0) is 4.74 Å². The first-order chi connectivity index (χ1) is 14.7. The standard InChI is InChI=1S/C24H20N2O3S/c1-2-29-24(28)20-16-21(17-8-4-3-5-9-17)30-23(20)25-22(27)18-10-12-19(13-11-18)26-14-6-7-15-26/h3-16H,2H2,1H3,(H,25,27). The van der Waals surface area contributed by atoms with E-state index in [0.29, 0.717) is 16.1 Å². The van der Waals surface area contributed by atoms with Crippen molar-refractivity contribution in [2.45, 2.75) is 6.92 Å². The van der Waals surface area contributed by atoms with E-state index in [1.807, 2.05) is 71.6 Å². The van der Waals surface area contributed by atoms with Crippen molar-refractivity contribution in [2.75, 3.05) is 11.9 Å². The Bertz CT molecular complexity index is 1150. The summed E-state index contributed by atoms with van der Waals surface area (Å²) in [5, 5.41) is 3.36. The molecule has 4 aromatic rings. The molecule has 2 heterocycles. The van der Waals surface area contributed by atoms with Crippen molar-refractivity contribution < 1.29 is 14.3 Å². The lowest BCUT2D eigenvalue weighted by Crippen LogP contribution is -2.14. The zero-order valence-electron chi connectivity index (χ0n) is 16.4. The van der Waals surface area contributed by atoms with E-state index < -0.39 is 5.97 Å². The molecular weight excluding hydrogens is 396 g/mol. The van der Waals surface area contributed by atoms with Gasteiger partial charge in [0.1, 0.15) is 5.00 Å². The third-order valence-corrected chi connectivity index (χ3v) is 5.64. The van der Waals surface area contributed by atoms with E-state index in [0.717, 1.165) is 16.1 Å². The number of benzene rings is 2. The molecule has 0 fully saturated rings. The second-order valence-corrected chi connectivity index (χ2v) is 7.58. The summed E-state index contributed by atoms with van der Waals surface area (Å²) in [5.41, 5.74) is 2.81. The number of esters is 1. The second kappa shape index (κ2) is 8.80. The number of rotatable bonds is 6. The monoisotopic (exact) mass is 416 g/mol. The van der Waals surface area contributed by atoms with E-state index >= 15 is 0 Å². The minimum Gasteiger partial charge on any atom is -0.462 e. The summed E-state index contributed by atoms with van der Waals surface area (Å²) in [6, 6.07) is 22.7. The summed E-state index contributed by atoms with van der Waals surface area (Å²) < 4.78 is 7.14. The van der Waals surface area contributed by atoms with Gasteiger partial charge in [0.2, 0.25) is 0 Å². The van der Waals surface area contributed by atoms with Gasteiger partial charge in [0.05, 0.1) is 12.2 Å². The fourth-order valence-corrected chi connectivity index (χ4v) is 4.10. The van der Waals surface area contributed by atoms with Crippen LogP contribution >= 0.6 is 11.3 Å². The van der Waals surface area contributed by atoms with Crippen LogP contribution in [0.25, 0.3) is 16.1 Å². The quantitative estimate of drug-likeness (QED) is 0.414. The summed E-state index contributed by atoms with van der Waals surface area (Å²) in [6.07, 6.45) is 3.88. The predicted molar refractivity (Wildman–Crippen MR) is 119 cm³/mol. The third kappa shape index (κ3) is 4.18. The smallest absolute Gasteiger partial charge is 0.341 e. The van der Waals surface area contributed by atoms with Crippen LogP contribution < -0.4 is 5.32 Å². The minimum absolute atomic E-state index is 0.267. The number of aromatic nitrogens is 1. The summed E-state index contributed by atoms with van der Waals surface area (Å²) in [5.74, 6) is -0.727. The van der Waals surface area contributed by atoms with E-state index in [-0.39, 0.29) is 12.5 Å². The molecule has 4 rings (SSSR count). The first-order valence-corrected chi connectivity index (χ1v) is 10.4. The van der Waals surface area contributed by atoms with E-state index in [9.17, 15) is 9.59 Å². The number of hydrogen-bond donors (Lipinski definition) is 1. The molecule has 5 nitrogen and oxygen atoms in total. The maximum atomic E-state index is 12.8. The number of thiophene rings is 1. The fourth-order valence-electron chi connectivity index (χ4n) is 3.06. The van der Waals surface area contributed by atoms with Gasteiger partial charge in [-0.15, -0.1) is 11.3 Å². The van der Waals surface area contributed by atoms with Crippen LogP contribution in [0.15, 0.2) is 85.2 Å². The Morgan fingerprint density at radius 3 is 2.33 bits per heavy atom. The van der Waals surface area contributed by atoms with E-state index in [1.54, 1.807) is 25.1 Å². The van der Waals surface area contributed by atoms with Gasteiger partial charge in [-0.25, -0.2) is 4.79 Å². The zero-order chi connectivity index (χ0) is 20.9. The molecule has 2 aromatic heterocycles. The lowest BCUT2D eigenvalue weighted by atomic mass is 10.1. The number of carbonyl (C=O) groups excluding carboxylic acids is 2. The SMILES string of the molecule is CCOC(=O)c1cc(-c2ccccc2)sc1NC(=O)c1ccc(-n2cccc2)cc1. The molecule has 0 aliphatic heterocycles. The second-order valence-electron chi connectivity index (χ2n) is 6.53. The first kappa shape index (κ1) is 19.7. The highest BCUT2D eigenvalue weighted by Gasteiger charge is 2.20. The van der Waals surface area contributed by atoms with Crippen molar-refractivity contribution in [3.63, 3.8) is 0 Å². The number of carbonyl (C=O) groups is 2. The minimum atomic E-state index is -0.450. The Balaban J connectivity index is 1.60. The molecule has 1 amide bonds. The van der Waals surface area contributed by atoms with E-state index in [1.165, 1.54) is 11.3 Å². The molecule has 2 aromatic carbocycles. The van der Waals surface area contributed by atoms with Crippen LogP contribution in [0.4, 0.5) is 5.00 Å². The van der Waals surface area contributed by atoms with Gasteiger partial charge >= 0.3 is 5.97 Å². The molecule has 0 spiro atoms. The molecule has 0 unspecified atom stereocenters. The largest absolute Gasteiger partial charge is 0.462 e. The average molecular weight is 417 g/mol. The summed E-state index contributed by atoms with van der Waals surface area (Å²) in [4.78, 5) is 26.1. The Morgan fingerprint density at radius 1 is 0.967 bits per heavy atom. The first-order valence-electron chi connectivity index (χ1n) is 9.57. The Morgan fingerprint density at radius 2 is 1.67 bits per heavy atom. The van der Waals surface area contributed by atoms with Crippen molar-refractivity contribution in [2.24, 2.45) is 0 Å². The molecule has 6 heteroatoms. The molecule has 0 radical (unpaired) electrons. The van der Waals surface area contributed by atoms with Crippen molar-refractivity contribution in [3.8, 4) is 16.1 Å². The van der Waals surface area contributed by atoms with Gasteiger partial charge < -0.3 is 14.6 Å². The van der Waals surface area contributed by atoms with Crippen LogP contribution in [0.3, 0.4) is 0 Å². The number of nitrogens with zero attached hydrogens (tertiary/aromatic N) is 1.